The molecule has 0 aliphatic heterocycles. The molecule has 0 radical (unpaired) electrons. The molecule has 0 aromatic carbocycles. The molecule has 0 saturated heterocycles. The fourth-order valence-electron chi connectivity index (χ4n) is 1.61. The molecule has 0 saturated carbocycles. The highest BCUT2D eigenvalue weighted by Gasteiger charge is 2.03. The highest BCUT2D eigenvalue weighted by molar-refractivity contribution is 5.39. The number of hydrogen-bond donors (Lipinski definition) is 1. The van der Waals surface area contributed by atoms with Gasteiger partial charge in [-0.05, 0) is 29.3 Å². The lowest BCUT2D eigenvalue weighted by Crippen LogP contribution is -2.17. The van der Waals surface area contributed by atoms with E-state index in [0.29, 0.717) is 6.54 Å². The Labute approximate surface area is 101 Å². The molecule has 0 aliphatic carbocycles. The maximum Gasteiger partial charge on any atom is 0.128 e. The van der Waals surface area contributed by atoms with E-state index in [4.69, 9.17) is 5.73 Å². The number of nitrogens with zero attached hydrogens (tertiary/aromatic N) is 3. The molecule has 4 nitrogen and oxygen atoms in total. The molecule has 0 atom stereocenters. The quantitative estimate of drug-likeness (QED) is 0.863. The first-order chi connectivity index (χ1) is 8.29. The third-order valence-corrected chi connectivity index (χ3v) is 2.61. The van der Waals surface area contributed by atoms with Crippen molar-refractivity contribution in [1.82, 2.24) is 9.97 Å². The Morgan fingerprint density at radius 3 is 2.47 bits per heavy atom. The van der Waals surface area contributed by atoms with Gasteiger partial charge in [0.15, 0.2) is 0 Å². The molecule has 4 heteroatoms. The maximum absolute atomic E-state index is 5.54. The summed E-state index contributed by atoms with van der Waals surface area (Å²) in [6, 6.07) is 8.00. The molecule has 2 heterocycles. The van der Waals surface area contributed by atoms with Gasteiger partial charge in [0.05, 0.1) is 0 Å². The van der Waals surface area contributed by atoms with Crippen LogP contribution in [0.4, 0.5) is 5.82 Å². The summed E-state index contributed by atoms with van der Waals surface area (Å²) in [6.45, 7) is 1.35. The van der Waals surface area contributed by atoms with Gasteiger partial charge in [-0.15, -0.1) is 0 Å². The summed E-state index contributed by atoms with van der Waals surface area (Å²) in [4.78, 5) is 10.5. The van der Waals surface area contributed by atoms with Crippen molar-refractivity contribution in [2.45, 2.75) is 13.1 Å². The molecular formula is C13H16N4. The second kappa shape index (κ2) is 5.41. The molecule has 2 rings (SSSR count). The largest absolute Gasteiger partial charge is 0.355 e. The van der Waals surface area contributed by atoms with Gasteiger partial charge in [-0.3, -0.25) is 4.98 Å². The molecular weight excluding hydrogens is 212 g/mol. The minimum Gasteiger partial charge on any atom is -0.355 e. The van der Waals surface area contributed by atoms with E-state index in [2.05, 4.69) is 14.9 Å². The SMILES string of the molecule is CN(Cc1ccncc1)c1ccc(CN)cn1. The Morgan fingerprint density at radius 1 is 1.12 bits per heavy atom. The molecule has 88 valence electrons. The molecule has 0 aliphatic rings. The number of nitrogens with two attached hydrogens (primary N) is 1. The van der Waals surface area contributed by atoms with Gasteiger partial charge in [-0.25, -0.2) is 4.98 Å². The van der Waals surface area contributed by atoms with Crippen LogP contribution in [-0.2, 0) is 13.1 Å². The topological polar surface area (TPSA) is 55.0 Å². The van der Waals surface area contributed by atoms with Gasteiger partial charge in [0, 0.05) is 38.7 Å². The van der Waals surface area contributed by atoms with Crippen LogP contribution in [0.5, 0.6) is 0 Å². The summed E-state index contributed by atoms with van der Waals surface area (Å²) in [5, 5.41) is 0. The summed E-state index contributed by atoms with van der Waals surface area (Å²) in [5.74, 6) is 0.944. The third kappa shape index (κ3) is 3.01. The summed E-state index contributed by atoms with van der Waals surface area (Å²) in [7, 11) is 2.02. The van der Waals surface area contributed by atoms with Crippen molar-refractivity contribution in [3.8, 4) is 0 Å². The summed E-state index contributed by atoms with van der Waals surface area (Å²) in [6.07, 6.45) is 5.42. The Kier molecular flexibility index (Phi) is 3.67. The zero-order valence-corrected chi connectivity index (χ0v) is 9.87. The highest BCUT2D eigenvalue weighted by atomic mass is 15.2. The zero-order chi connectivity index (χ0) is 12.1. The van der Waals surface area contributed by atoms with Crippen LogP contribution < -0.4 is 10.6 Å². The fraction of sp³-hybridized carbons (Fsp3) is 0.231. The van der Waals surface area contributed by atoms with Crippen molar-refractivity contribution in [3.63, 3.8) is 0 Å². The third-order valence-electron chi connectivity index (χ3n) is 2.61. The van der Waals surface area contributed by atoms with E-state index < -0.39 is 0 Å². The standard InChI is InChI=1S/C13H16N4/c1-17(10-11-4-6-15-7-5-11)13-3-2-12(8-14)9-16-13/h2-7,9H,8,10,14H2,1H3. The molecule has 17 heavy (non-hydrogen) atoms. The van der Waals surface area contributed by atoms with Gasteiger partial charge >= 0.3 is 0 Å². The van der Waals surface area contributed by atoms with Crippen molar-refractivity contribution in [2.24, 2.45) is 5.73 Å². The van der Waals surface area contributed by atoms with E-state index in [9.17, 15) is 0 Å². The lowest BCUT2D eigenvalue weighted by Gasteiger charge is -2.18. The summed E-state index contributed by atoms with van der Waals surface area (Å²) in [5.41, 5.74) is 7.80. The summed E-state index contributed by atoms with van der Waals surface area (Å²) < 4.78 is 0. The monoisotopic (exact) mass is 228 g/mol. The number of pyridine rings is 2. The van der Waals surface area contributed by atoms with Gasteiger partial charge in [0.25, 0.3) is 0 Å². The number of rotatable bonds is 4. The molecule has 2 N–H and O–H groups in total. The van der Waals surface area contributed by atoms with Crippen molar-refractivity contribution in [1.29, 1.82) is 0 Å². The molecule has 0 fully saturated rings. The predicted molar refractivity (Wildman–Crippen MR) is 68.5 cm³/mol. The first kappa shape index (κ1) is 11.5. The molecule has 2 aromatic rings. The molecule has 2 aromatic heterocycles. The average Bonchev–Trinajstić information content (AvgIpc) is 2.40. The molecule has 0 amide bonds. The van der Waals surface area contributed by atoms with E-state index in [1.54, 1.807) is 12.4 Å². The number of hydrogen-bond acceptors (Lipinski definition) is 4. The average molecular weight is 228 g/mol. The van der Waals surface area contributed by atoms with E-state index in [1.165, 1.54) is 5.56 Å². The van der Waals surface area contributed by atoms with Crippen LogP contribution in [0.2, 0.25) is 0 Å². The smallest absolute Gasteiger partial charge is 0.128 e. The fourth-order valence-corrected chi connectivity index (χ4v) is 1.61. The van der Waals surface area contributed by atoms with Crippen molar-refractivity contribution in [3.05, 3.63) is 54.0 Å². The van der Waals surface area contributed by atoms with Gasteiger partial charge < -0.3 is 10.6 Å². The Balaban J connectivity index is 2.06. The minimum atomic E-state index is 0.529. The summed E-state index contributed by atoms with van der Waals surface area (Å²) >= 11 is 0. The molecule has 0 bridgehead atoms. The van der Waals surface area contributed by atoms with Crippen molar-refractivity contribution >= 4 is 5.82 Å². The van der Waals surface area contributed by atoms with Gasteiger partial charge in [0.2, 0.25) is 0 Å². The first-order valence-corrected chi connectivity index (χ1v) is 5.54. The predicted octanol–water partition coefficient (Wildman–Crippen LogP) is 1.57. The van der Waals surface area contributed by atoms with Crippen molar-refractivity contribution < 1.29 is 0 Å². The van der Waals surface area contributed by atoms with E-state index in [1.807, 2.05) is 37.5 Å². The Morgan fingerprint density at radius 2 is 1.88 bits per heavy atom. The normalized spacial score (nSPS) is 10.2. The second-order valence-electron chi connectivity index (χ2n) is 3.94. The Hall–Kier alpha value is -1.94. The van der Waals surface area contributed by atoms with Crippen LogP contribution in [0.25, 0.3) is 0 Å². The van der Waals surface area contributed by atoms with Crippen molar-refractivity contribution in [2.75, 3.05) is 11.9 Å². The maximum atomic E-state index is 5.54. The van der Waals surface area contributed by atoms with Gasteiger partial charge in [-0.1, -0.05) is 6.07 Å². The van der Waals surface area contributed by atoms with E-state index in [0.717, 1.165) is 17.9 Å². The van der Waals surface area contributed by atoms with E-state index >= 15 is 0 Å². The first-order valence-electron chi connectivity index (χ1n) is 5.54. The number of anilines is 1. The Bertz CT molecular complexity index is 453. The van der Waals surface area contributed by atoms with Gasteiger partial charge in [-0.2, -0.15) is 0 Å². The van der Waals surface area contributed by atoms with Crippen LogP contribution in [0.1, 0.15) is 11.1 Å². The second-order valence-corrected chi connectivity index (χ2v) is 3.94. The van der Waals surface area contributed by atoms with Gasteiger partial charge in [0.1, 0.15) is 5.82 Å². The zero-order valence-electron chi connectivity index (χ0n) is 9.87. The van der Waals surface area contributed by atoms with Crippen LogP contribution in [0, 0.1) is 0 Å². The van der Waals surface area contributed by atoms with Crippen LogP contribution in [-0.4, -0.2) is 17.0 Å². The van der Waals surface area contributed by atoms with E-state index in [-0.39, 0.29) is 0 Å². The van der Waals surface area contributed by atoms with Crippen LogP contribution >= 0.6 is 0 Å². The highest BCUT2D eigenvalue weighted by Crippen LogP contribution is 2.12. The lowest BCUT2D eigenvalue weighted by atomic mass is 10.2. The minimum absolute atomic E-state index is 0.529. The number of aromatic nitrogens is 2. The van der Waals surface area contributed by atoms with Crippen LogP contribution in [0.3, 0.4) is 0 Å². The molecule has 0 unspecified atom stereocenters. The molecule has 0 spiro atoms. The lowest BCUT2D eigenvalue weighted by molar-refractivity contribution is 0.890. The van der Waals surface area contributed by atoms with Crippen LogP contribution in [0.15, 0.2) is 42.9 Å².